The SMILES string of the molecule is C#CCNCCOc1c(Cl)cc(Cl)cc1Cl. The van der Waals surface area contributed by atoms with Crippen molar-refractivity contribution in [2.45, 2.75) is 0 Å². The molecular weight excluding hydrogens is 268 g/mol. The minimum absolute atomic E-state index is 0.398. The molecule has 0 saturated heterocycles. The van der Waals surface area contributed by atoms with Crippen LogP contribution in [0.2, 0.25) is 15.1 Å². The minimum Gasteiger partial charge on any atom is -0.489 e. The fourth-order valence-electron chi connectivity index (χ4n) is 1.05. The summed E-state index contributed by atoms with van der Waals surface area (Å²) in [6.45, 7) is 1.56. The number of nitrogens with one attached hydrogen (secondary N) is 1. The van der Waals surface area contributed by atoms with Crippen molar-refractivity contribution in [2.24, 2.45) is 0 Å². The molecular formula is C11H10Cl3NO. The predicted octanol–water partition coefficient (Wildman–Crippen LogP) is 3.25. The lowest BCUT2D eigenvalue weighted by atomic mass is 10.3. The quantitative estimate of drug-likeness (QED) is 0.659. The zero-order valence-electron chi connectivity index (χ0n) is 8.40. The molecule has 1 rings (SSSR count). The highest BCUT2D eigenvalue weighted by Gasteiger charge is 2.08. The molecule has 0 saturated carbocycles. The number of hydrogen-bond donors (Lipinski definition) is 1. The maximum Gasteiger partial charge on any atom is 0.156 e. The highest BCUT2D eigenvalue weighted by molar-refractivity contribution is 6.40. The standard InChI is InChI=1S/C11H10Cl3NO/c1-2-3-15-4-5-16-11-9(13)6-8(12)7-10(11)14/h1,6-7,15H,3-5H2. The van der Waals surface area contributed by atoms with Crippen molar-refractivity contribution in [1.29, 1.82) is 0 Å². The molecule has 1 aromatic carbocycles. The lowest BCUT2D eigenvalue weighted by Crippen LogP contribution is -2.21. The topological polar surface area (TPSA) is 21.3 Å². The van der Waals surface area contributed by atoms with Crippen LogP contribution in [0.25, 0.3) is 0 Å². The molecule has 86 valence electrons. The third kappa shape index (κ3) is 4.11. The molecule has 0 aliphatic carbocycles. The van der Waals surface area contributed by atoms with Crippen molar-refractivity contribution in [3.63, 3.8) is 0 Å². The van der Waals surface area contributed by atoms with E-state index in [1.807, 2.05) is 0 Å². The van der Waals surface area contributed by atoms with Crippen LogP contribution in [0, 0.1) is 12.3 Å². The van der Waals surface area contributed by atoms with E-state index >= 15 is 0 Å². The van der Waals surface area contributed by atoms with Crippen LogP contribution in [0.1, 0.15) is 0 Å². The van der Waals surface area contributed by atoms with Gasteiger partial charge in [0.1, 0.15) is 6.61 Å². The van der Waals surface area contributed by atoms with Gasteiger partial charge < -0.3 is 10.1 Å². The van der Waals surface area contributed by atoms with Crippen molar-refractivity contribution >= 4 is 34.8 Å². The van der Waals surface area contributed by atoms with Gasteiger partial charge in [0, 0.05) is 11.6 Å². The summed E-state index contributed by atoms with van der Waals surface area (Å²) in [6.07, 6.45) is 5.08. The molecule has 0 aliphatic rings. The number of terminal acetylenes is 1. The third-order valence-electron chi connectivity index (χ3n) is 1.72. The van der Waals surface area contributed by atoms with E-state index in [2.05, 4.69) is 11.2 Å². The first-order valence-corrected chi connectivity index (χ1v) is 5.70. The second kappa shape index (κ2) is 6.88. The van der Waals surface area contributed by atoms with E-state index < -0.39 is 0 Å². The molecule has 16 heavy (non-hydrogen) atoms. The van der Waals surface area contributed by atoms with Gasteiger partial charge in [-0.3, -0.25) is 0 Å². The molecule has 1 aromatic rings. The van der Waals surface area contributed by atoms with Crippen molar-refractivity contribution < 1.29 is 4.74 Å². The Balaban J connectivity index is 2.51. The average Bonchev–Trinajstić information content (AvgIpc) is 2.20. The van der Waals surface area contributed by atoms with Gasteiger partial charge in [-0.15, -0.1) is 6.42 Å². The summed E-state index contributed by atoms with van der Waals surface area (Å²) in [7, 11) is 0. The Bertz CT molecular complexity index is 378. The van der Waals surface area contributed by atoms with E-state index in [1.54, 1.807) is 12.1 Å². The van der Waals surface area contributed by atoms with E-state index in [1.165, 1.54) is 0 Å². The summed E-state index contributed by atoms with van der Waals surface area (Å²) < 4.78 is 5.42. The van der Waals surface area contributed by atoms with Crippen LogP contribution in [-0.4, -0.2) is 19.7 Å². The second-order valence-electron chi connectivity index (χ2n) is 2.93. The molecule has 1 N–H and O–H groups in total. The van der Waals surface area contributed by atoms with Crippen molar-refractivity contribution in [3.05, 3.63) is 27.2 Å². The molecule has 0 aliphatic heterocycles. The summed E-state index contributed by atoms with van der Waals surface area (Å²) >= 11 is 17.6. The Morgan fingerprint density at radius 1 is 1.25 bits per heavy atom. The lowest BCUT2D eigenvalue weighted by molar-refractivity contribution is 0.317. The summed E-state index contributed by atoms with van der Waals surface area (Å²) in [6, 6.07) is 3.17. The van der Waals surface area contributed by atoms with Gasteiger partial charge >= 0.3 is 0 Å². The Kier molecular flexibility index (Phi) is 5.79. The maximum atomic E-state index is 5.93. The summed E-state index contributed by atoms with van der Waals surface area (Å²) in [4.78, 5) is 0. The molecule has 0 bridgehead atoms. The van der Waals surface area contributed by atoms with E-state index in [-0.39, 0.29) is 0 Å². The van der Waals surface area contributed by atoms with Crippen molar-refractivity contribution in [3.8, 4) is 18.1 Å². The summed E-state index contributed by atoms with van der Waals surface area (Å²) in [5.74, 6) is 2.90. The largest absolute Gasteiger partial charge is 0.489 e. The first kappa shape index (κ1) is 13.5. The molecule has 0 spiro atoms. The smallest absolute Gasteiger partial charge is 0.156 e. The van der Waals surface area contributed by atoms with Crippen LogP contribution in [0.3, 0.4) is 0 Å². The molecule has 0 unspecified atom stereocenters. The molecule has 0 aromatic heterocycles. The van der Waals surface area contributed by atoms with Gasteiger partial charge in [-0.05, 0) is 12.1 Å². The van der Waals surface area contributed by atoms with Gasteiger partial charge in [0.25, 0.3) is 0 Å². The number of hydrogen-bond acceptors (Lipinski definition) is 2. The molecule has 0 amide bonds. The van der Waals surface area contributed by atoms with Crippen molar-refractivity contribution in [2.75, 3.05) is 19.7 Å². The Morgan fingerprint density at radius 3 is 2.44 bits per heavy atom. The predicted molar refractivity (Wildman–Crippen MR) is 68.7 cm³/mol. The third-order valence-corrected chi connectivity index (χ3v) is 2.50. The van der Waals surface area contributed by atoms with Crippen LogP contribution in [0.4, 0.5) is 0 Å². The van der Waals surface area contributed by atoms with Gasteiger partial charge in [-0.2, -0.15) is 0 Å². The van der Waals surface area contributed by atoms with Crippen LogP contribution in [-0.2, 0) is 0 Å². The zero-order chi connectivity index (χ0) is 12.0. The monoisotopic (exact) mass is 277 g/mol. The Labute approximate surface area is 110 Å². The van der Waals surface area contributed by atoms with Gasteiger partial charge in [-0.25, -0.2) is 0 Å². The van der Waals surface area contributed by atoms with Crippen LogP contribution in [0.5, 0.6) is 5.75 Å². The minimum atomic E-state index is 0.398. The molecule has 0 radical (unpaired) electrons. The van der Waals surface area contributed by atoms with E-state index in [9.17, 15) is 0 Å². The van der Waals surface area contributed by atoms with Crippen LogP contribution in [0.15, 0.2) is 12.1 Å². The average molecular weight is 279 g/mol. The first-order chi connectivity index (χ1) is 7.65. The second-order valence-corrected chi connectivity index (χ2v) is 4.18. The summed E-state index contributed by atoms with van der Waals surface area (Å²) in [5.41, 5.74) is 0. The number of benzene rings is 1. The van der Waals surface area contributed by atoms with Crippen LogP contribution < -0.4 is 10.1 Å². The lowest BCUT2D eigenvalue weighted by Gasteiger charge is -2.10. The van der Waals surface area contributed by atoms with Crippen molar-refractivity contribution in [1.82, 2.24) is 5.32 Å². The van der Waals surface area contributed by atoms with E-state index in [0.717, 1.165) is 0 Å². The van der Waals surface area contributed by atoms with Crippen LogP contribution >= 0.6 is 34.8 Å². The fourth-order valence-corrected chi connectivity index (χ4v) is 1.98. The van der Waals surface area contributed by atoms with Gasteiger partial charge in [0.15, 0.2) is 5.75 Å². The van der Waals surface area contributed by atoms with E-state index in [4.69, 9.17) is 46.0 Å². The molecule has 0 fully saturated rings. The highest BCUT2D eigenvalue weighted by Crippen LogP contribution is 2.35. The van der Waals surface area contributed by atoms with Gasteiger partial charge in [-0.1, -0.05) is 40.7 Å². The Morgan fingerprint density at radius 2 is 1.88 bits per heavy atom. The maximum absolute atomic E-state index is 5.93. The Hall–Kier alpha value is -0.590. The van der Waals surface area contributed by atoms with E-state index in [0.29, 0.717) is 40.5 Å². The molecule has 0 atom stereocenters. The summed E-state index contributed by atoms with van der Waals surface area (Å²) in [5, 5.41) is 4.26. The first-order valence-electron chi connectivity index (χ1n) is 4.56. The number of ether oxygens (including phenoxy) is 1. The zero-order valence-corrected chi connectivity index (χ0v) is 10.7. The van der Waals surface area contributed by atoms with Gasteiger partial charge in [0.05, 0.1) is 16.6 Å². The molecule has 5 heteroatoms. The fraction of sp³-hybridized carbons (Fsp3) is 0.273. The number of rotatable bonds is 5. The highest BCUT2D eigenvalue weighted by atomic mass is 35.5. The number of halogens is 3. The molecule has 2 nitrogen and oxygen atoms in total. The molecule has 0 heterocycles. The normalized spacial score (nSPS) is 9.88. The van der Waals surface area contributed by atoms with Gasteiger partial charge in [0.2, 0.25) is 0 Å².